The van der Waals surface area contributed by atoms with Gasteiger partial charge < -0.3 is 9.47 Å². The summed E-state index contributed by atoms with van der Waals surface area (Å²) in [4.78, 5) is 12.8. The molecule has 2 aromatic carbocycles. The van der Waals surface area contributed by atoms with Crippen LogP contribution in [0.4, 0.5) is 0 Å². The molecule has 1 aliphatic heterocycles. The molecule has 0 spiro atoms. The summed E-state index contributed by atoms with van der Waals surface area (Å²) in [5, 5.41) is 0.407. The average Bonchev–Trinajstić information content (AvgIpc) is 2.86. The van der Waals surface area contributed by atoms with Gasteiger partial charge in [0, 0.05) is 36.4 Å². The molecule has 7 heteroatoms. The van der Waals surface area contributed by atoms with E-state index in [1.165, 1.54) is 19.2 Å². The van der Waals surface area contributed by atoms with Crippen LogP contribution in [-0.2, 0) is 24.1 Å². The van der Waals surface area contributed by atoms with Crippen LogP contribution in [0.1, 0.15) is 18.1 Å². The quantitative estimate of drug-likeness (QED) is 0.744. The first-order valence-electron chi connectivity index (χ1n) is 7.76. The van der Waals surface area contributed by atoms with Crippen molar-refractivity contribution in [3.05, 3.63) is 64.7 Å². The number of carbonyl (C=O) groups is 1. The van der Waals surface area contributed by atoms with Gasteiger partial charge in [-0.2, -0.15) is 0 Å². The summed E-state index contributed by atoms with van der Waals surface area (Å²) < 4.78 is 34.3. The maximum Gasteiger partial charge on any atom is 0.342 e. The number of cyclic esters (lactones) is 1. The molecule has 0 saturated heterocycles. The van der Waals surface area contributed by atoms with Crippen LogP contribution in [0.15, 0.2) is 53.4 Å². The smallest absolute Gasteiger partial charge is 0.342 e. The third-order valence-corrected chi connectivity index (χ3v) is 5.76. The summed E-state index contributed by atoms with van der Waals surface area (Å²) >= 11 is 6.28. The fraction of sp³-hybridized carbons (Fsp3) is 0.211. The van der Waals surface area contributed by atoms with Gasteiger partial charge in [0.15, 0.2) is 9.84 Å². The van der Waals surface area contributed by atoms with Gasteiger partial charge >= 0.3 is 5.97 Å². The highest BCUT2D eigenvalue weighted by atomic mass is 35.5. The Morgan fingerprint density at radius 3 is 2.23 bits per heavy atom. The zero-order chi connectivity index (χ0) is 19.1. The standard InChI is InChI=1S/C19H17ClO5S/c1-19(24-2)17(12-8-10-13(11-9-12)26(3,22)23)16(18(21)25-19)14-6-4-5-7-15(14)20/h4-11H,1-3H3. The molecule has 5 nitrogen and oxygen atoms in total. The monoisotopic (exact) mass is 392 g/mol. The van der Waals surface area contributed by atoms with Crippen molar-refractivity contribution >= 4 is 38.6 Å². The normalized spacial score (nSPS) is 20.4. The predicted molar refractivity (Wildman–Crippen MR) is 99.3 cm³/mol. The molecule has 0 bridgehead atoms. The molecule has 0 N–H and O–H groups in total. The molecule has 0 radical (unpaired) electrons. The zero-order valence-corrected chi connectivity index (χ0v) is 16.0. The highest BCUT2D eigenvalue weighted by Gasteiger charge is 2.46. The van der Waals surface area contributed by atoms with Gasteiger partial charge in [-0.1, -0.05) is 41.9 Å². The van der Waals surface area contributed by atoms with Gasteiger partial charge in [-0.3, -0.25) is 0 Å². The van der Waals surface area contributed by atoms with Crippen LogP contribution in [-0.4, -0.2) is 33.5 Å². The number of sulfone groups is 1. The van der Waals surface area contributed by atoms with Crippen molar-refractivity contribution in [3.63, 3.8) is 0 Å². The van der Waals surface area contributed by atoms with E-state index >= 15 is 0 Å². The van der Waals surface area contributed by atoms with Crippen LogP contribution in [0.2, 0.25) is 5.02 Å². The van der Waals surface area contributed by atoms with Crippen LogP contribution in [0.3, 0.4) is 0 Å². The summed E-state index contributed by atoms with van der Waals surface area (Å²) in [7, 11) is -1.89. The number of ether oxygens (including phenoxy) is 2. The Hall–Kier alpha value is -2.15. The highest BCUT2D eigenvalue weighted by Crippen LogP contribution is 2.45. The van der Waals surface area contributed by atoms with Crippen LogP contribution >= 0.6 is 11.6 Å². The molecule has 0 saturated carbocycles. The molecule has 1 heterocycles. The largest absolute Gasteiger partial charge is 0.425 e. The Morgan fingerprint density at radius 2 is 1.69 bits per heavy atom. The Morgan fingerprint density at radius 1 is 1.08 bits per heavy atom. The van der Waals surface area contributed by atoms with Gasteiger partial charge in [-0.15, -0.1) is 0 Å². The minimum Gasteiger partial charge on any atom is -0.425 e. The van der Waals surface area contributed by atoms with Crippen molar-refractivity contribution in [3.8, 4) is 0 Å². The van der Waals surface area contributed by atoms with Gasteiger partial charge in [-0.05, 0) is 23.8 Å². The minimum absolute atomic E-state index is 0.186. The lowest BCUT2D eigenvalue weighted by molar-refractivity contribution is -0.178. The van der Waals surface area contributed by atoms with E-state index in [4.69, 9.17) is 21.1 Å². The summed E-state index contributed by atoms with van der Waals surface area (Å²) in [6.07, 6.45) is 1.14. The van der Waals surface area contributed by atoms with E-state index in [0.717, 1.165) is 6.26 Å². The van der Waals surface area contributed by atoms with E-state index in [1.807, 2.05) is 0 Å². The second kappa shape index (κ2) is 6.54. The van der Waals surface area contributed by atoms with E-state index in [9.17, 15) is 13.2 Å². The topological polar surface area (TPSA) is 69.7 Å². The first kappa shape index (κ1) is 18.6. The minimum atomic E-state index is -3.33. The lowest BCUT2D eigenvalue weighted by Gasteiger charge is -2.25. The van der Waals surface area contributed by atoms with E-state index in [2.05, 4.69) is 0 Å². The number of methoxy groups -OCH3 is 1. The van der Waals surface area contributed by atoms with Gasteiger partial charge in [-0.25, -0.2) is 13.2 Å². The van der Waals surface area contributed by atoms with Crippen LogP contribution in [0.25, 0.3) is 11.1 Å². The van der Waals surface area contributed by atoms with E-state index in [-0.39, 0.29) is 4.90 Å². The molecule has 1 aliphatic rings. The number of benzene rings is 2. The third kappa shape index (κ3) is 3.16. The van der Waals surface area contributed by atoms with E-state index in [0.29, 0.717) is 27.3 Å². The average molecular weight is 393 g/mol. The van der Waals surface area contributed by atoms with Crippen LogP contribution < -0.4 is 0 Å². The molecule has 136 valence electrons. The van der Waals surface area contributed by atoms with Crippen LogP contribution in [0.5, 0.6) is 0 Å². The molecule has 26 heavy (non-hydrogen) atoms. The van der Waals surface area contributed by atoms with Crippen molar-refractivity contribution in [2.45, 2.75) is 17.6 Å². The summed E-state index contributed by atoms with van der Waals surface area (Å²) in [5.74, 6) is -1.86. The number of esters is 1. The van der Waals surface area contributed by atoms with Gasteiger partial charge in [0.2, 0.25) is 5.79 Å². The predicted octanol–water partition coefficient (Wildman–Crippen LogP) is 3.57. The fourth-order valence-electron chi connectivity index (χ4n) is 2.94. The maximum atomic E-state index is 12.6. The lowest BCUT2D eigenvalue weighted by Crippen LogP contribution is -2.29. The summed E-state index contributed by atoms with van der Waals surface area (Å²) in [6, 6.07) is 13.2. The van der Waals surface area contributed by atoms with Crippen molar-refractivity contribution < 1.29 is 22.7 Å². The molecule has 3 rings (SSSR count). The number of halogens is 1. The molecule has 0 amide bonds. The van der Waals surface area contributed by atoms with E-state index < -0.39 is 21.6 Å². The molecule has 2 aromatic rings. The number of hydrogen-bond acceptors (Lipinski definition) is 5. The Kier molecular flexibility index (Phi) is 4.69. The SMILES string of the molecule is COC1(C)OC(=O)C(c2ccccc2Cl)=C1c1ccc(S(C)(=O)=O)cc1. The van der Waals surface area contributed by atoms with Crippen molar-refractivity contribution in [2.75, 3.05) is 13.4 Å². The van der Waals surface area contributed by atoms with Crippen molar-refractivity contribution in [2.24, 2.45) is 0 Å². The van der Waals surface area contributed by atoms with Gasteiger partial charge in [0.05, 0.1) is 10.5 Å². The van der Waals surface area contributed by atoms with Crippen molar-refractivity contribution in [1.29, 1.82) is 0 Å². The van der Waals surface area contributed by atoms with Gasteiger partial charge in [0.25, 0.3) is 0 Å². The van der Waals surface area contributed by atoms with Crippen LogP contribution in [0, 0.1) is 0 Å². The molecule has 0 aromatic heterocycles. The summed E-state index contributed by atoms with van der Waals surface area (Å²) in [5.41, 5.74) is 1.94. The number of hydrogen-bond donors (Lipinski definition) is 0. The highest BCUT2D eigenvalue weighted by molar-refractivity contribution is 7.90. The van der Waals surface area contributed by atoms with E-state index in [1.54, 1.807) is 43.3 Å². The third-order valence-electron chi connectivity index (χ3n) is 4.30. The summed E-state index contributed by atoms with van der Waals surface area (Å²) in [6.45, 7) is 1.63. The second-order valence-electron chi connectivity index (χ2n) is 6.07. The Balaban J connectivity index is 2.27. The Bertz CT molecular complexity index is 1010. The lowest BCUT2D eigenvalue weighted by atomic mass is 9.91. The van der Waals surface area contributed by atoms with Crippen molar-refractivity contribution in [1.82, 2.24) is 0 Å². The second-order valence-corrected chi connectivity index (χ2v) is 8.49. The fourth-order valence-corrected chi connectivity index (χ4v) is 3.80. The van der Waals surface area contributed by atoms with Gasteiger partial charge in [0.1, 0.15) is 0 Å². The first-order valence-corrected chi connectivity index (χ1v) is 10.0. The molecule has 1 atom stereocenters. The number of carbonyl (C=O) groups excluding carboxylic acids is 1. The number of rotatable bonds is 4. The zero-order valence-electron chi connectivity index (χ0n) is 14.4. The maximum absolute atomic E-state index is 12.6. The molecule has 0 aliphatic carbocycles. The Labute approximate surface area is 157 Å². The molecular formula is C19H17ClO5S. The molecule has 1 unspecified atom stereocenters. The molecule has 0 fully saturated rings. The molecular weight excluding hydrogens is 376 g/mol. The first-order chi connectivity index (χ1) is 12.2.